The number of benzene rings is 1. The highest BCUT2D eigenvalue weighted by atomic mass is 19.3. The summed E-state index contributed by atoms with van der Waals surface area (Å²) in [4.78, 5) is 0. The SMILES string of the molecule is N[C@@H]1C[C@H](c2ccccc2)[C@@H]2[C@H]1C2(F)F. The van der Waals surface area contributed by atoms with Crippen molar-refractivity contribution in [3.05, 3.63) is 35.9 Å². The van der Waals surface area contributed by atoms with E-state index in [1.165, 1.54) is 0 Å². The van der Waals surface area contributed by atoms with Gasteiger partial charge in [0.05, 0.1) is 0 Å². The molecule has 1 aromatic rings. The zero-order chi connectivity index (χ0) is 10.6. The van der Waals surface area contributed by atoms with Gasteiger partial charge >= 0.3 is 0 Å². The van der Waals surface area contributed by atoms with Gasteiger partial charge in [-0.1, -0.05) is 30.3 Å². The van der Waals surface area contributed by atoms with Crippen LogP contribution in [0.4, 0.5) is 8.78 Å². The first-order valence-corrected chi connectivity index (χ1v) is 5.30. The Labute approximate surface area is 87.3 Å². The van der Waals surface area contributed by atoms with Gasteiger partial charge in [-0.2, -0.15) is 0 Å². The van der Waals surface area contributed by atoms with E-state index in [1.54, 1.807) is 0 Å². The zero-order valence-electron chi connectivity index (χ0n) is 8.24. The Morgan fingerprint density at radius 1 is 1.13 bits per heavy atom. The molecule has 2 saturated carbocycles. The number of nitrogens with two attached hydrogens (primary N) is 1. The second-order valence-corrected chi connectivity index (χ2v) is 4.64. The van der Waals surface area contributed by atoms with Gasteiger partial charge in [-0.05, 0) is 17.9 Å². The zero-order valence-corrected chi connectivity index (χ0v) is 8.24. The topological polar surface area (TPSA) is 26.0 Å². The van der Waals surface area contributed by atoms with Crippen LogP contribution in [0.1, 0.15) is 17.9 Å². The minimum absolute atomic E-state index is 0.0406. The van der Waals surface area contributed by atoms with Crippen molar-refractivity contribution in [2.75, 3.05) is 0 Å². The lowest BCUT2D eigenvalue weighted by Gasteiger charge is -2.16. The molecule has 0 saturated heterocycles. The highest BCUT2D eigenvalue weighted by molar-refractivity contribution is 5.31. The number of fused-ring (bicyclic) bond motifs is 1. The van der Waals surface area contributed by atoms with Crippen molar-refractivity contribution < 1.29 is 8.78 Å². The second kappa shape index (κ2) is 2.79. The first kappa shape index (κ1) is 9.28. The minimum Gasteiger partial charge on any atom is -0.327 e. The van der Waals surface area contributed by atoms with Gasteiger partial charge < -0.3 is 5.73 Å². The fraction of sp³-hybridized carbons (Fsp3) is 0.500. The van der Waals surface area contributed by atoms with Crippen molar-refractivity contribution >= 4 is 0 Å². The van der Waals surface area contributed by atoms with Crippen LogP contribution < -0.4 is 5.73 Å². The maximum Gasteiger partial charge on any atom is 0.256 e. The molecule has 2 aliphatic rings. The van der Waals surface area contributed by atoms with Crippen LogP contribution in [0.3, 0.4) is 0 Å². The molecule has 0 aliphatic heterocycles. The van der Waals surface area contributed by atoms with Crippen molar-refractivity contribution in [2.24, 2.45) is 17.6 Å². The molecule has 2 aliphatic carbocycles. The van der Waals surface area contributed by atoms with E-state index in [9.17, 15) is 8.78 Å². The fourth-order valence-corrected chi connectivity index (χ4v) is 3.08. The largest absolute Gasteiger partial charge is 0.327 e. The Kier molecular flexibility index (Phi) is 1.72. The summed E-state index contributed by atoms with van der Waals surface area (Å²) in [6.45, 7) is 0. The van der Waals surface area contributed by atoms with Crippen molar-refractivity contribution in [3.8, 4) is 0 Å². The third kappa shape index (κ3) is 1.16. The van der Waals surface area contributed by atoms with Crippen LogP contribution in [0.25, 0.3) is 0 Å². The summed E-state index contributed by atoms with van der Waals surface area (Å²) >= 11 is 0. The summed E-state index contributed by atoms with van der Waals surface area (Å²) in [5.74, 6) is -3.63. The molecule has 0 spiro atoms. The van der Waals surface area contributed by atoms with E-state index in [2.05, 4.69) is 0 Å². The predicted molar refractivity (Wildman–Crippen MR) is 53.7 cm³/mol. The number of halogens is 2. The molecule has 15 heavy (non-hydrogen) atoms. The van der Waals surface area contributed by atoms with Gasteiger partial charge in [-0.15, -0.1) is 0 Å². The monoisotopic (exact) mass is 209 g/mol. The molecule has 2 N–H and O–H groups in total. The summed E-state index contributed by atoms with van der Waals surface area (Å²) < 4.78 is 26.7. The molecule has 80 valence electrons. The molecule has 0 amide bonds. The van der Waals surface area contributed by atoms with Crippen molar-refractivity contribution in [1.29, 1.82) is 0 Å². The van der Waals surface area contributed by atoms with Gasteiger partial charge in [0.25, 0.3) is 5.92 Å². The molecule has 3 rings (SSSR count). The van der Waals surface area contributed by atoms with E-state index in [0.29, 0.717) is 6.42 Å². The summed E-state index contributed by atoms with van der Waals surface area (Å²) in [6.07, 6.45) is 0.703. The van der Waals surface area contributed by atoms with E-state index in [1.807, 2.05) is 30.3 Å². The molecule has 0 aromatic heterocycles. The maximum atomic E-state index is 13.3. The number of rotatable bonds is 1. The van der Waals surface area contributed by atoms with E-state index in [0.717, 1.165) is 5.56 Å². The number of hydrogen-bond donors (Lipinski definition) is 1. The molecule has 0 radical (unpaired) electrons. The molecule has 1 nitrogen and oxygen atoms in total. The lowest BCUT2D eigenvalue weighted by molar-refractivity contribution is 0.0639. The van der Waals surface area contributed by atoms with E-state index < -0.39 is 17.8 Å². The minimum atomic E-state index is -2.52. The van der Waals surface area contributed by atoms with Crippen LogP contribution in [0.15, 0.2) is 30.3 Å². The van der Waals surface area contributed by atoms with E-state index in [-0.39, 0.29) is 12.0 Å². The Balaban J connectivity index is 1.91. The Bertz CT molecular complexity index is 376. The average Bonchev–Trinajstić information content (AvgIpc) is 2.61. The van der Waals surface area contributed by atoms with Crippen LogP contribution in [-0.4, -0.2) is 12.0 Å². The standard InChI is InChI=1S/C12H13F2N/c13-12(14)10-8(6-9(15)11(10)12)7-4-2-1-3-5-7/h1-5,8-11H,6,15H2/t8-,9-,10-,11+/m1/s1. The van der Waals surface area contributed by atoms with Crippen LogP contribution in [0, 0.1) is 11.8 Å². The maximum absolute atomic E-state index is 13.3. The van der Waals surface area contributed by atoms with Crippen molar-refractivity contribution in [3.63, 3.8) is 0 Å². The molecular weight excluding hydrogens is 196 g/mol. The van der Waals surface area contributed by atoms with Crippen LogP contribution in [0.2, 0.25) is 0 Å². The third-order valence-corrected chi connectivity index (χ3v) is 3.82. The molecular formula is C12H13F2N. The van der Waals surface area contributed by atoms with Crippen LogP contribution in [0.5, 0.6) is 0 Å². The average molecular weight is 209 g/mol. The van der Waals surface area contributed by atoms with Crippen molar-refractivity contribution in [2.45, 2.75) is 24.3 Å². The van der Waals surface area contributed by atoms with Gasteiger partial charge in [-0.25, -0.2) is 8.78 Å². The van der Waals surface area contributed by atoms with Gasteiger partial charge in [0.2, 0.25) is 0 Å². The molecule has 0 unspecified atom stereocenters. The first-order chi connectivity index (χ1) is 7.12. The van der Waals surface area contributed by atoms with Crippen LogP contribution in [-0.2, 0) is 0 Å². The summed E-state index contributed by atoms with van der Waals surface area (Å²) in [5.41, 5.74) is 6.75. The normalized spacial score (nSPS) is 41.3. The van der Waals surface area contributed by atoms with Gasteiger partial charge in [0.1, 0.15) is 0 Å². The highest BCUT2D eigenvalue weighted by Crippen LogP contribution is 2.68. The van der Waals surface area contributed by atoms with Gasteiger partial charge in [0.15, 0.2) is 0 Å². The molecule has 0 bridgehead atoms. The van der Waals surface area contributed by atoms with Gasteiger partial charge in [-0.3, -0.25) is 0 Å². The smallest absolute Gasteiger partial charge is 0.256 e. The van der Waals surface area contributed by atoms with Gasteiger partial charge in [0, 0.05) is 17.9 Å². The Hall–Kier alpha value is -0.960. The lowest BCUT2D eigenvalue weighted by atomic mass is 9.93. The number of alkyl halides is 2. The quantitative estimate of drug-likeness (QED) is 0.755. The summed E-state index contributed by atoms with van der Waals surface area (Å²) in [5, 5.41) is 0. The second-order valence-electron chi connectivity index (χ2n) is 4.64. The number of hydrogen-bond acceptors (Lipinski definition) is 1. The lowest BCUT2D eigenvalue weighted by Crippen LogP contribution is -2.25. The highest BCUT2D eigenvalue weighted by Gasteiger charge is 2.76. The van der Waals surface area contributed by atoms with Crippen molar-refractivity contribution in [1.82, 2.24) is 0 Å². The van der Waals surface area contributed by atoms with E-state index >= 15 is 0 Å². The first-order valence-electron chi connectivity index (χ1n) is 5.30. The third-order valence-electron chi connectivity index (χ3n) is 3.82. The van der Waals surface area contributed by atoms with E-state index in [4.69, 9.17) is 5.73 Å². The Morgan fingerprint density at radius 2 is 1.80 bits per heavy atom. The predicted octanol–water partition coefficient (Wildman–Crippen LogP) is 2.38. The summed E-state index contributed by atoms with van der Waals surface area (Å²) in [7, 11) is 0. The molecule has 2 fully saturated rings. The fourth-order valence-electron chi connectivity index (χ4n) is 3.08. The van der Waals surface area contributed by atoms with Crippen LogP contribution >= 0.6 is 0 Å². The Morgan fingerprint density at radius 3 is 2.33 bits per heavy atom. The molecule has 3 heteroatoms. The molecule has 1 aromatic carbocycles. The molecule has 0 heterocycles. The summed E-state index contributed by atoms with van der Waals surface area (Å²) in [6, 6.07) is 9.22. The molecule has 4 atom stereocenters.